The Labute approximate surface area is 250 Å². The molecule has 3 heterocycles. The summed E-state index contributed by atoms with van der Waals surface area (Å²) in [6, 6.07) is 10.0. The highest BCUT2D eigenvalue weighted by Crippen LogP contribution is 2.40. The van der Waals surface area contributed by atoms with Crippen molar-refractivity contribution in [2.75, 3.05) is 43.7 Å². The minimum Gasteiger partial charge on any atom is -0.383 e. The zero-order valence-corrected chi connectivity index (χ0v) is 25.3. The molecule has 1 aliphatic heterocycles. The van der Waals surface area contributed by atoms with Crippen LogP contribution in [0.25, 0.3) is 22.2 Å². The molecule has 2 fully saturated rings. The summed E-state index contributed by atoms with van der Waals surface area (Å²) >= 11 is 6.17. The third-order valence-corrected chi connectivity index (χ3v) is 10.7. The molecular formula is C30H35ClFN7O2S. The molecule has 1 saturated carbocycles. The van der Waals surface area contributed by atoms with E-state index < -0.39 is 15.8 Å². The number of rotatable bonds is 6. The van der Waals surface area contributed by atoms with Crippen LogP contribution < -0.4 is 10.5 Å². The van der Waals surface area contributed by atoms with E-state index in [0.717, 1.165) is 57.5 Å². The number of likely N-dealkylation sites (N-methyl/N-ethyl adjacent to an activating group) is 1. The van der Waals surface area contributed by atoms with E-state index in [9.17, 15) is 8.42 Å². The zero-order valence-electron chi connectivity index (χ0n) is 23.7. The number of fused-ring (bicyclic) bond motifs is 1. The Morgan fingerprint density at radius 1 is 1.02 bits per heavy atom. The lowest BCUT2D eigenvalue weighted by atomic mass is 9.89. The predicted octanol–water partition coefficient (Wildman–Crippen LogP) is 5.31. The Morgan fingerprint density at radius 2 is 1.74 bits per heavy atom. The maximum absolute atomic E-state index is 15.5. The summed E-state index contributed by atoms with van der Waals surface area (Å²) in [5.41, 5.74) is 8.62. The first-order valence-corrected chi connectivity index (χ1v) is 16.1. The average Bonchev–Trinajstić information content (AvgIpc) is 3.35. The van der Waals surface area contributed by atoms with Crippen LogP contribution >= 0.6 is 11.6 Å². The van der Waals surface area contributed by atoms with Crippen molar-refractivity contribution in [1.29, 1.82) is 0 Å². The number of aryl methyl sites for hydroxylation is 1. The molecule has 0 amide bonds. The molecule has 4 aromatic rings. The Morgan fingerprint density at radius 3 is 2.43 bits per heavy atom. The molecule has 0 bridgehead atoms. The third kappa shape index (κ3) is 5.46. The fourth-order valence-electron chi connectivity index (χ4n) is 6.41. The minimum atomic E-state index is -4.11. The number of nitrogens with one attached hydrogen (secondary N) is 1. The molecule has 6 rings (SSSR count). The first-order chi connectivity index (χ1) is 20.1. The summed E-state index contributed by atoms with van der Waals surface area (Å²) < 4.78 is 46.1. The van der Waals surface area contributed by atoms with Crippen LogP contribution in [0.1, 0.15) is 37.3 Å². The van der Waals surface area contributed by atoms with Gasteiger partial charge in [-0.3, -0.25) is 9.62 Å². The number of hydrogen-bond acceptors (Lipinski definition) is 7. The number of piperazine rings is 1. The largest absolute Gasteiger partial charge is 0.383 e. The lowest BCUT2D eigenvalue weighted by Crippen LogP contribution is -2.49. The molecule has 1 saturated heterocycles. The number of halogens is 2. The van der Waals surface area contributed by atoms with E-state index in [2.05, 4.69) is 36.1 Å². The zero-order chi connectivity index (χ0) is 29.6. The molecule has 42 heavy (non-hydrogen) atoms. The van der Waals surface area contributed by atoms with Gasteiger partial charge in [-0.1, -0.05) is 29.8 Å². The summed E-state index contributed by atoms with van der Waals surface area (Å²) in [6.45, 7) is 6.08. The first kappa shape index (κ1) is 28.9. The van der Waals surface area contributed by atoms with Crippen LogP contribution in [-0.4, -0.2) is 72.0 Å². The maximum Gasteiger partial charge on any atom is 0.263 e. The SMILES string of the molecule is Cc1cccc(Cl)c1S(=O)(=O)Nc1ccc(-c2cn(C3CCC(N4CCN(C)CC4)CC3)c3ncnc(N)c23)cc1F. The third-order valence-electron chi connectivity index (χ3n) is 8.71. The van der Waals surface area contributed by atoms with E-state index in [0.29, 0.717) is 33.9 Å². The van der Waals surface area contributed by atoms with Gasteiger partial charge in [-0.2, -0.15) is 0 Å². The summed E-state index contributed by atoms with van der Waals surface area (Å²) in [4.78, 5) is 13.7. The molecule has 222 valence electrons. The van der Waals surface area contributed by atoms with Gasteiger partial charge in [0, 0.05) is 50.0 Å². The van der Waals surface area contributed by atoms with E-state index in [1.54, 1.807) is 25.1 Å². The van der Waals surface area contributed by atoms with Gasteiger partial charge in [0.1, 0.15) is 28.5 Å². The molecule has 3 N–H and O–H groups in total. The van der Waals surface area contributed by atoms with E-state index >= 15 is 4.39 Å². The molecule has 9 nitrogen and oxygen atoms in total. The average molecular weight is 612 g/mol. The van der Waals surface area contributed by atoms with Gasteiger partial charge in [-0.15, -0.1) is 0 Å². The summed E-state index contributed by atoms with van der Waals surface area (Å²) in [5, 5.41) is 0.735. The highest BCUT2D eigenvalue weighted by Gasteiger charge is 2.30. The molecule has 2 aromatic carbocycles. The van der Waals surface area contributed by atoms with E-state index in [1.165, 1.54) is 24.5 Å². The molecule has 1 aliphatic carbocycles. The monoisotopic (exact) mass is 611 g/mol. The number of nitrogens with two attached hydrogens (primary N) is 1. The Hall–Kier alpha value is -3.25. The smallest absolute Gasteiger partial charge is 0.263 e. The van der Waals surface area contributed by atoms with E-state index in [1.807, 2.05) is 6.20 Å². The van der Waals surface area contributed by atoms with Crippen molar-refractivity contribution in [3.63, 3.8) is 0 Å². The summed E-state index contributed by atoms with van der Waals surface area (Å²) in [6.07, 6.45) is 7.70. The van der Waals surface area contributed by atoms with Gasteiger partial charge in [0.25, 0.3) is 10.0 Å². The number of nitrogens with zero attached hydrogens (tertiary/aromatic N) is 5. The Kier molecular flexibility index (Phi) is 7.86. The number of nitrogen functional groups attached to an aromatic ring is 1. The van der Waals surface area contributed by atoms with Gasteiger partial charge in [0.15, 0.2) is 0 Å². The van der Waals surface area contributed by atoms with Crippen molar-refractivity contribution in [1.82, 2.24) is 24.3 Å². The van der Waals surface area contributed by atoms with Crippen LogP contribution in [0.3, 0.4) is 0 Å². The lowest BCUT2D eigenvalue weighted by molar-refractivity contribution is 0.0828. The molecule has 0 atom stereocenters. The maximum atomic E-state index is 15.5. The lowest BCUT2D eigenvalue weighted by Gasteiger charge is -2.41. The number of aromatic nitrogens is 3. The Balaban J connectivity index is 1.27. The number of sulfonamides is 1. The van der Waals surface area contributed by atoms with Gasteiger partial charge >= 0.3 is 0 Å². The molecular weight excluding hydrogens is 577 g/mol. The Bertz CT molecular complexity index is 1710. The van der Waals surface area contributed by atoms with Crippen LogP contribution in [0.15, 0.2) is 53.8 Å². The van der Waals surface area contributed by atoms with Gasteiger partial charge < -0.3 is 15.2 Å². The van der Waals surface area contributed by atoms with Crippen LogP contribution in [0.5, 0.6) is 0 Å². The molecule has 0 radical (unpaired) electrons. The van der Waals surface area contributed by atoms with Crippen molar-refractivity contribution >= 4 is 44.2 Å². The van der Waals surface area contributed by atoms with Gasteiger partial charge in [0.2, 0.25) is 0 Å². The van der Waals surface area contributed by atoms with Gasteiger partial charge in [-0.05, 0) is 69.0 Å². The quantitative estimate of drug-likeness (QED) is 0.304. The summed E-state index contributed by atoms with van der Waals surface area (Å²) in [5.74, 6) is -0.399. The highest BCUT2D eigenvalue weighted by molar-refractivity contribution is 7.92. The fraction of sp³-hybridized carbons (Fsp3) is 0.400. The first-order valence-electron chi connectivity index (χ1n) is 14.2. The van der Waals surface area contributed by atoms with Crippen molar-refractivity contribution in [2.45, 2.75) is 49.6 Å². The van der Waals surface area contributed by atoms with Crippen LogP contribution in [0.2, 0.25) is 5.02 Å². The normalized spacial score (nSPS) is 20.7. The van der Waals surface area contributed by atoms with Crippen molar-refractivity contribution in [3.8, 4) is 11.1 Å². The second kappa shape index (κ2) is 11.4. The number of hydrogen-bond donors (Lipinski definition) is 2. The van der Waals surface area contributed by atoms with Crippen molar-refractivity contribution in [3.05, 3.63) is 65.3 Å². The van der Waals surface area contributed by atoms with Gasteiger partial charge in [0.05, 0.1) is 16.1 Å². The minimum absolute atomic E-state index is 0.0698. The molecule has 2 aliphatic rings. The topological polar surface area (TPSA) is 109 Å². The number of anilines is 2. The van der Waals surface area contributed by atoms with Gasteiger partial charge in [-0.25, -0.2) is 22.8 Å². The fourth-order valence-corrected chi connectivity index (χ4v) is 8.31. The van der Waals surface area contributed by atoms with Crippen LogP contribution in [-0.2, 0) is 10.0 Å². The predicted molar refractivity (Wildman–Crippen MR) is 165 cm³/mol. The summed E-state index contributed by atoms with van der Waals surface area (Å²) in [7, 11) is -1.94. The van der Waals surface area contributed by atoms with Crippen molar-refractivity contribution < 1.29 is 12.8 Å². The molecule has 0 unspecified atom stereocenters. The number of benzene rings is 2. The molecule has 0 spiro atoms. The van der Waals surface area contributed by atoms with Crippen LogP contribution in [0, 0.1) is 12.7 Å². The molecule has 2 aromatic heterocycles. The highest BCUT2D eigenvalue weighted by atomic mass is 35.5. The second-order valence-corrected chi connectivity index (χ2v) is 13.4. The van der Waals surface area contributed by atoms with E-state index in [4.69, 9.17) is 17.3 Å². The van der Waals surface area contributed by atoms with E-state index in [-0.39, 0.29) is 21.6 Å². The molecule has 12 heteroatoms. The van der Waals surface area contributed by atoms with Crippen LogP contribution in [0.4, 0.5) is 15.9 Å². The van der Waals surface area contributed by atoms with Crippen molar-refractivity contribution in [2.24, 2.45) is 0 Å². The standard InChI is InChI=1S/C30H35ClFN7O2S/c1-19-4-3-5-24(31)28(19)42(40,41)36-26-11-6-20(16-25(26)32)23-17-39(30-27(23)29(33)34-18-35-30)22-9-7-21(8-10-22)38-14-12-37(2)13-15-38/h3-6,11,16-18,21-22,36H,7-10,12-15H2,1-2H3,(H2,33,34,35). The second-order valence-electron chi connectivity index (χ2n) is 11.4.